The van der Waals surface area contributed by atoms with E-state index >= 15 is 0 Å². The molecule has 0 saturated carbocycles. The van der Waals surface area contributed by atoms with Gasteiger partial charge in [0.05, 0.1) is 13.3 Å². The molecule has 0 atom stereocenters. The van der Waals surface area contributed by atoms with Gasteiger partial charge < -0.3 is 15.0 Å². The summed E-state index contributed by atoms with van der Waals surface area (Å²) in [6.45, 7) is 7.85. The zero-order valence-electron chi connectivity index (χ0n) is 12.2. The van der Waals surface area contributed by atoms with Gasteiger partial charge in [-0.1, -0.05) is 0 Å². The van der Waals surface area contributed by atoms with Gasteiger partial charge in [-0.15, -0.1) is 0 Å². The predicted octanol–water partition coefficient (Wildman–Crippen LogP) is 2.30. The average molecular weight is 263 g/mol. The monoisotopic (exact) mass is 263 g/mol. The number of hydrogen-bond acceptors (Lipinski definition) is 4. The number of ether oxygens (including phenoxy) is 1. The van der Waals surface area contributed by atoms with Gasteiger partial charge in [-0.25, -0.2) is 4.98 Å². The van der Waals surface area contributed by atoms with Crippen molar-refractivity contribution in [2.45, 2.75) is 32.7 Å². The summed E-state index contributed by atoms with van der Waals surface area (Å²) in [7, 11) is 1.67. The van der Waals surface area contributed by atoms with Crippen molar-refractivity contribution in [3.8, 4) is 5.75 Å². The molecule has 0 aliphatic carbocycles. The summed E-state index contributed by atoms with van der Waals surface area (Å²) in [6.07, 6.45) is 4.33. The maximum Gasteiger partial charge on any atom is 0.137 e. The summed E-state index contributed by atoms with van der Waals surface area (Å²) < 4.78 is 5.17. The first-order chi connectivity index (χ1) is 9.20. The highest BCUT2D eigenvalue weighted by atomic mass is 16.5. The van der Waals surface area contributed by atoms with Gasteiger partial charge in [-0.05, 0) is 57.8 Å². The molecule has 4 nitrogen and oxygen atoms in total. The van der Waals surface area contributed by atoms with Crippen LogP contribution in [0, 0.1) is 5.92 Å². The van der Waals surface area contributed by atoms with Gasteiger partial charge in [0.15, 0.2) is 0 Å². The van der Waals surface area contributed by atoms with Crippen molar-refractivity contribution in [3.05, 3.63) is 18.3 Å². The van der Waals surface area contributed by atoms with Gasteiger partial charge in [0, 0.05) is 12.6 Å². The molecule has 0 radical (unpaired) electrons. The molecule has 1 N–H and O–H groups in total. The number of anilines is 1. The number of nitrogens with zero attached hydrogens (tertiary/aromatic N) is 2. The van der Waals surface area contributed by atoms with Crippen molar-refractivity contribution in [1.82, 2.24) is 10.3 Å². The Balaban J connectivity index is 2.05. The van der Waals surface area contributed by atoms with E-state index in [2.05, 4.69) is 35.1 Å². The smallest absolute Gasteiger partial charge is 0.137 e. The molecule has 2 heterocycles. The van der Waals surface area contributed by atoms with Crippen molar-refractivity contribution < 1.29 is 4.74 Å². The normalized spacial score (nSPS) is 16.6. The van der Waals surface area contributed by atoms with E-state index in [1.165, 1.54) is 12.8 Å². The second-order valence-electron chi connectivity index (χ2n) is 5.50. The molecule has 2 rings (SSSR count). The molecule has 1 aliphatic heterocycles. The number of rotatable bonds is 5. The fraction of sp³-hybridized carbons (Fsp3) is 0.667. The van der Waals surface area contributed by atoms with Crippen molar-refractivity contribution in [2.75, 3.05) is 31.6 Å². The molecule has 1 aromatic heterocycles. The van der Waals surface area contributed by atoms with Gasteiger partial charge in [-0.2, -0.15) is 0 Å². The Bertz CT molecular complexity index is 371. The maximum absolute atomic E-state index is 5.17. The zero-order chi connectivity index (χ0) is 13.7. The summed E-state index contributed by atoms with van der Waals surface area (Å²) in [6, 6.07) is 4.51. The SMILES string of the molecule is COc1ccc(N(CC2CCNCC2)C(C)C)nc1. The minimum Gasteiger partial charge on any atom is -0.495 e. The summed E-state index contributed by atoms with van der Waals surface area (Å²) in [5.41, 5.74) is 0. The molecule has 0 spiro atoms. The molecule has 0 amide bonds. The van der Waals surface area contributed by atoms with E-state index in [4.69, 9.17) is 4.74 Å². The zero-order valence-corrected chi connectivity index (χ0v) is 12.2. The first-order valence-electron chi connectivity index (χ1n) is 7.18. The predicted molar refractivity (Wildman–Crippen MR) is 78.9 cm³/mol. The van der Waals surface area contributed by atoms with Crippen molar-refractivity contribution in [1.29, 1.82) is 0 Å². The highest BCUT2D eigenvalue weighted by molar-refractivity contribution is 5.41. The van der Waals surface area contributed by atoms with Gasteiger partial charge in [0.1, 0.15) is 11.6 Å². The summed E-state index contributed by atoms with van der Waals surface area (Å²) in [4.78, 5) is 6.92. The lowest BCUT2D eigenvalue weighted by atomic mass is 9.97. The third kappa shape index (κ3) is 3.83. The Hall–Kier alpha value is -1.29. The molecule has 1 aromatic rings. The van der Waals surface area contributed by atoms with Crippen LogP contribution in [0.5, 0.6) is 5.75 Å². The van der Waals surface area contributed by atoms with Gasteiger partial charge >= 0.3 is 0 Å². The molecule has 1 aliphatic rings. The van der Waals surface area contributed by atoms with Crippen molar-refractivity contribution >= 4 is 5.82 Å². The molecule has 19 heavy (non-hydrogen) atoms. The number of methoxy groups -OCH3 is 1. The van der Waals surface area contributed by atoms with Crippen LogP contribution in [0.4, 0.5) is 5.82 Å². The van der Waals surface area contributed by atoms with Crippen molar-refractivity contribution in [3.63, 3.8) is 0 Å². The third-order valence-corrected chi connectivity index (χ3v) is 3.79. The topological polar surface area (TPSA) is 37.4 Å². The summed E-state index contributed by atoms with van der Waals surface area (Å²) in [5.74, 6) is 2.64. The standard InChI is InChI=1S/C15H25N3O/c1-12(2)18(11-13-6-8-16-9-7-13)15-5-4-14(19-3)10-17-15/h4-5,10,12-13,16H,6-9,11H2,1-3H3. The highest BCUT2D eigenvalue weighted by Gasteiger charge is 2.19. The number of pyridine rings is 1. The van der Waals surface area contributed by atoms with Gasteiger partial charge in [-0.3, -0.25) is 0 Å². The molecule has 1 saturated heterocycles. The molecule has 0 bridgehead atoms. The number of aromatic nitrogens is 1. The minimum atomic E-state index is 0.468. The largest absolute Gasteiger partial charge is 0.495 e. The van der Waals surface area contributed by atoms with Crippen molar-refractivity contribution in [2.24, 2.45) is 5.92 Å². The van der Waals surface area contributed by atoms with E-state index in [0.717, 1.165) is 37.1 Å². The lowest BCUT2D eigenvalue weighted by Crippen LogP contribution is -2.39. The second kappa shape index (κ2) is 6.75. The first kappa shape index (κ1) is 14.1. The van der Waals surface area contributed by atoms with Crippen LogP contribution in [0.3, 0.4) is 0 Å². The van der Waals surface area contributed by atoms with Crippen LogP contribution >= 0.6 is 0 Å². The van der Waals surface area contributed by atoms with E-state index in [-0.39, 0.29) is 0 Å². The second-order valence-corrected chi connectivity index (χ2v) is 5.50. The highest BCUT2D eigenvalue weighted by Crippen LogP contribution is 2.22. The van der Waals surface area contributed by atoms with Crippen LogP contribution in [-0.4, -0.2) is 37.8 Å². The third-order valence-electron chi connectivity index (χ3n) is 3.79. The molecular formula is C15H25N3O. The molecule has 106 valence electrons. The number of nitrogens with one attached hydrogen (secondary N) is 1. The van der Waals surface area contributed by atoms with Crippen LogP contribution in [0.15, 0.2) is 18.3 Å². The van der Waals surface area contributed by atoms with Crippen LogP contribution in [0.2, 0.25) is 0 Å². The van der Waals surface area contributed by atoms with Crippen LogP contribution < -0.4 is 15.0 Å². The Morgan fingerprint density at radius 2 is 2.11 bits per heavy atom. The fourth-order valence-electron chi connectivity index (χ4n) is 2.57. The van der Waals surface area contributed by atoms with E-state index in [0.29, 0.717) is 6.04 Å². The number of hydrogen-bond donors (Lipinski definition) is 1. The van der Waals surface area contributed by atoms with E-state index in [9.17, 15) is 0 Å². The molecule has 1 fully saturated rings. The number of piperidine rings is 1. The lowest BCUT2D eigenvalue weighted by molar-refractivity contribution is 0.366. The van der Waals surface area contributed by atoms with Gasteiger partial charge in [0.2, 0.25) is 0 Å². The lowest BCUT2D eigenvalue weighted by Gasteiger charge is -2.33. The maximum atomic E-state index is 5.17. The Morgan fingerprint density at radius 3 is 2.63 bits per heavy atom. The summed E-state index contributed by atoms with van der Waals surface area (Å²) >= 11 is 0. The average Bonchev–Trinajstić information content (AvgIpc) is 2.46. The quantitative estimate of drug-likeness (QED) is 0.884. The minimum absolute atomic E-state index is 0.468. The first-order valence-corrected chi connectivity index (χ1v) is 7.18. The molecule has 0 unspecified atom stereocenters. The van der Waals surface area contributed by atoms with Crippen LogP contribution in [-0.2, 0) is 0 Å². The fourth-order valence-corrected chi connectivity index (χ4v) is 2.57. The summed E-state index contributed by atoms with van der Waals surface area (Å²) in [5, 5.41) is 3.42. The molecular weight excluding hydrogens is 238 g/mol. The molecule has 4 heteroatoms. The van der Waals surface area contributed by atoms with E-state index in [1.807, 2.05) is 6.07 Å². The van der Waals surface area contributed by atoms with E-state index in [1.54, 1.807) is 13.3 Å². The Labute approximate surface area is 116 Å². The molecule has 0 aromatic carbocycles. The van der Waals surface area contributed by atoms with Crippen LogP contribution in [0.25, 0.3) is 0 Å². The Morgan fingerprint density at radius 1 is 1.37 bits per heavy atom. The van der Waals surface area contributed by atoms with E-state index < -0.39 is 0 Å². The van der Waals surface area contributed by atoms with Crippen LogP contribution in [0.1, 0.15) is 26.7 Å². The van der Waals surface area contributed by atoms with Gasteiger partial charge in [0.25, 0.3) is 0 Å². The Kier molecular flexibility index (Phi) is 5.02.